The SMILES string of the molecule is COCCOc1ccc(CN(N2CCCCC2)S(=O)(=O)OC(N)=O)c(Oc2ncc(C(F)(F)F)cc2Cl)c1. The molecule has 1 aliphatic heterocycles. The Morgan fingerprint density at radius 1 is 1.18 bits per heavy atom. The number of nitrogens with zero attached hydrogens (tertiary/aromatic N) is 3. The van der Waals surface area contributed by atoms with E-state index in [1.165, 1.54) is 30.3 Å². The van der Waals surface area contributed by atoms with Gasteiger partial charge in [-0.05, 0) is 25.0 Å². The van der Waals surface area contributed by atoms with Crippen LogP contribution in [-0.4, -0.2) is 62.3 Å². The summed E-state index contributed by atoms with van der Waals surface area (Å²) < 4.78 is 86.4. The number of piperidine rings is 1. The third kappa shape index (κ3) is 8.07. The standard InChI is InChI=1S/C22H26ClF3N4O7S/c1-34-9-10-35-17-6-5-15(14-30(29-7-3-2-4-8-29)38(32,33)37-21(27)31)19(12-17)36-20-18(23)11-16(13-28-20)22(24,25)26/h5-6,11-13H,2-4,7-10,14H2,1H3,(H2,27,31). The van der Waals surface area contributed by atoms with Gasteiger partial charge in [-0.1, -0.05) is 28.5 Å². The minimum atomic E-state index is -4.67. The minimum Gasteiger partial charge on any atom is -0.491 e. The Morgan fingerprint density at radius 3 is 2.50 bits per heavy atom. The predicted molar refractivity (Wildman–Crippen MR) is 129 cm³/mol. The molecule has 2 aromatic rings. The van der Waals surface area contributed by atoms with E-state index in [-0.39, 0.29) is 37.0 Å². The molecule has 16 heteroatoms. The molecule has 0 spiro atoms. The molecule has 0 atom stereocenters. The summed E-state index contributed by atoms with van der Waals surface area (Å²) in [5.41, 5.74) is 4.14. The van der Waals surface area contributed by atoms with Gasteiger partial charge in [-0.2, -0.15) is 21.6 Å². The van der Waals surface area contributed by atoms with Crippen molar-refractivity contribution in [3.05, 3.63) is 46.6 Å². The molecule has 2 N–H and O–H groups in total. The number of aromatic nitrogens is 1. The number of hydrazine groups is 1. The number of amides is 1. The lowest BCUT2D eigenvalue weighted by Gasteiger charge is -2.35. The van der Waals surface area contributed by atoms with Gasteiger partial charge >= 0.3 is 22.6 Å². The monoisotopic (exact) mass is 582 g/mol. The Labute approximate surface area is 222 Å². The van der Waals surface area contributed by atoms with Crippen molar-refractivity contribution >= 4 is 28.0 Å². The van der Waals surface area contributed by atoms with Crippen molar-refractivity contribution in [2.75, 3.05) is 33.4 Å². The molecule has 0 bridgehead atoms. The molecule has 1 aromatic carbocycles. The Bertz CT molecular complexity index is 1230. The first-order valence-electron chi connectivity index (χ1n) is 11.3. The highest BCUT2D eigenvalue weighted by molar-refractivity contribution is 7.84. The number of carbonyl (C=O) groups excluding carboxylic acids is 1. The maximum Gasteiger partial charge on any atom is 0.421 e. The van der Waals surface area contributed by atoms with E-state index >= 15 is 0 Å². The van der Waals surface area contributed by atoms with Crippen LogP contribution in [0.5, 0.6) is 17.4 Å². The lowest BCUT2D eigenvalue weighted by molar-refractivity contribution is -0.137. The molecule has 1 aliphatic rings. The van der Waals surface area contributed by atoms with Crippen LogP contribution in [-0.2, 0) is 31.9 Å². The predicted octanol–water partition coefficient (Wildman–Crippen LogP) is 4.11. The second kappa shape index (κ2) is 12.8. The van der Waals surface area contributed by atoms with Gasteiger partial charge in [0.05, 0.1) is 18.7 Å². The average molecular weight is 583 g/mol. The van der Waals surface area contributed by atoms with Gasteiger partial charge in [0.1, 0.15) is 23.1 Å². The van der Waals surface area contributed by atoms with E-state index in [0.717, 1.165) is 10.8 Å². The number of methoxy groups -OCH3 is 1. The van der Waals surface area contributed by atoms with Crippen LogP contribution >= 0.6 is 11.6 Å². The van der Waals surface area contributed by atoms with Gasteiger partial charge in [0.2, 0.25) is 5.88 Å². The number of hydrogen-bond donors (Lipinski definition) is 1. The Morgan fingerprint density at radius 2 is 1.89 bits per heavy atom. The molecular formula is C22H26ClF3N4O7S. The molecule has 210 valence electrons. The summed E-state index contributed by atoms with van der Waals surface area (Å²) in [7, 11) is -3.16. The molecule has 38 heavy (non-hydrogen) atoms. The number of ether oxygens (including phenoxy) is 3. The van der Waals surface area contributed by atoms with E-state index in [4.69, 9.17) is 31.5 Å². The Hall–Kier alpha value is -2.85. The van der Waals surface area contributed by atoms with Crippen LogP contribution in [0.3, 0.4) is 0 Å². The average Bonchev–Trinajstić information content (AvgIpc) is 2.84. The Kier molecular flexibility index (Phi) is 10.0. The molecule has 1 aromatic heterocycles. The third-order valence-corrected chi connectivity index (χ3v) is 6.86. The molecule has 0 saturated carbocycles. The van der Waals surface area contributed by atoms with Gasteiger partial charge in [-0.3, -0.25) is 0 Å². The normalized spacial score (nSPS) is 14.9. The summed E-state index contributed by atoms with van der Waals surface area (Å²) in [6.07, 6.45) is -3.33. The van der Waals surface area contributed by atoms with Crippen molar-refractivity contribution in [3.8, 4) is 17.4 Å². The highest BCUT2D eigenvalue weighted by Gasteiger charge is 2.34. The van der Waals surface area contributed by atoms with Gasteiger partial charge < -0.3 is 24.1 Å². The molecule has 0 unspecified atom stereocenters. The van der Waals surface area contributed by atoms with Crippen molar-refractivity contribution in [1.82, 2.24) is 14.4 Å². The fourth-order valence-corrected chi connectivity index (χ4v) is 4.81. The zero-order chi connectivity index (χ0) is 27.9. The number of halogens is 4. The lowest BCUT2D eigenvalue weighted by Crippen LogP contribution is -2.49. The highest BCUT2D eigenvalue weighted by atomic mass is 35.5. The first kappa shape index (κ1) is 29.7. The van der Waals surface area contributed by atoms with Crippen LogP contribution in [0, 0.1) is 0 Å². The Balaban J connectivity index is 1.99. The van der Waals surface area contributed by atoms with E-state index in [2.05, 4.69) is 9.17 Å². The number of hydrogen-bond acceptors (Lipinski definition) is 9. The number of primary amides is 1. The quantitative estimate of drug-likeness (QED) is 0.388. The van der Waals surface area contributed by atoms with Crippen LogP contribution in [0.25, 0.3) is 0 Å². The topological polar surface area (TPSA) is 134 Å². The first-order valence-corrected chi connectivity index (χ1v) is 13.1. The van der Waals surface area contributed by atoms with Gasteiger partial charge in [-0.15, -0.1) is 0 Å². The number of carbonyl (C=O) groups is 1. The number of nitrogens with two attached hydrogens (primary N) is 1. The van der Waals surface area contributed by atoms with E-state index in [9.17, 15) is 26.4 Å². The molecule has 3 rings (SSSR count). The van der Waals surface area contributed by atoms with Gasteiger partial charge in [0.25, 0.3) is 0 Å². The summed E-state index contributed by atoms with van der Waals surface area (Å²) in [4.78, 5) is 15.0. The molecule has 2 heterocycles. The summed E-state index contributed by atoms with van der Waals surface area (Å²) in [6.45, 7) is 0.802. The van der Waals surface area contributed by atoms with Gasteiger partial charge in [-0.25, -0.2) is 14.8 Å². The van der Waals surface area contributed by atoms with Crippen molar-refractivity contribution in [2.24, 2.45) is 5.73 Å². The number of pyridine rings is 1. The molecule has 0 radical (unpaired) electrons. The number of benzene rings is 1. The third-order valence-electron chi connectivity index (χ3n) is 5.34. The van der Waals surface area contributed by atoms with E-state index in [1.807, 2.05) is 0 Å². The fraction of sp³-hybridized carbons (Fsp3) is 0.455. The molecule has 1 saturated heterocycles. The maximum absolute atomic E-state index is 13.0. The molecule has 1 fully saturated rings. The van der Waals surface area contributed by atoms with Crippen molar-refractivity contribution in [2.45, 2.75) is 32.0 Å². The number of alkyl halides is 3. The summed E-state index contributed by atoms with van der Waals surface area (Å²) in [5.74, 6) is -0.0642. The van der Waals surface area contributed by atoms with Crippen molar-refractivity contribution in [1.29, 1.82) is 0 Å². The minimum absolute atomic E-state index is 0.00893. The second-order valence-electron chi connectivity index (χ2n) is 8.08. The number of rotatable bonds is 11. The van der Waals surface area contributed by atoms with Crippen LogP contribution in [0.2, 0.25) is 5.02 Å². The summed E-state index contributed by atoms with van der Waals surface area (Å²) in [6, 6.07) is 5.09. The van der Waals surface area contributed by atoms with Crippen LogP contribution in [0.4, 0.5) is 18.0 Å². The van der Waals surface area contributed by atoms with E-state index < -0.39 is 33.2 Å². The largest absolute Gasteiger partial charge is 0.491 e. The second-order valence-corrected chi connectivity index (χ2v) is 9.93. The van der Waals surface area contributed by atoms with Crippen LogP contribution in [0.1, 0.15) is 30.4 Å². The van der Waals surface area contributed by atoms with Gasteiger partial charge in [0.15, 0.2) is 0 Å². The maximum atomic E-state index is 13.0. The van der Waals surface area contributed by atoms with E-state index in [0.29, 0.717) is 43.9 Å². The summed E-state index contributed by atoms with van der Waals surface area (Å²) in [5, 5.41) is 1.08. The van der Waals surface area contributed by atoms with Gasteiger partial charge in [0, 0.05) is 38.0 Å². The van der Waals surface area contributed by atoms with E-state index in [1.54, 1.807) is 0 Å². The molecular weight excluding hydrogens is 557 g/mol. The van der Waals surface area contributed by atoms with Crippen LogP contribution < -0.4 is 15.2 Å². The molecule has 1 amide bonds. The fourth-order valence-electron chi connectivity index (χ4n) is 3.57. The lowest BCUT2D eigenvalue weighted by atomic mass is 10.1. The zero-order valence-corrected chi connectivity index (χ0v) is 21.8. The highest BCUT2D eigenvalue weighted by Crippen LogP contribution is 2.37. The van der Waals surface area contributed by atoms with Crippen LogP contribution in [0.15, 0.2) is 30.5 Å². The zero-order valence-electron chi connectivity index (χ0n) is 20.2. The molecule has 0 aliphatic carbocycles. The summed E-state index contributed by atoms with van der Waals surface area (Å²) >= 11 is 6.02. The van der Waals surface area contributed by atoms with Crippen molar-refractivity contribution < 1.29 is 44.8 Å². The molecule has 11 nitrogen and oxygen atoms in total. The van der Waals surface area contributed by atoms with Crippen molar-refractivity contribution in [3.63, 3.8) is 0 Å². The first-order chi connectivity index (χ1) is 17.9. The smallest absolute Gasteiger partial charge is 0.421 e.